The van der Waals surface area contributed by atoms with Crippen molar-refractivity contribution in [2.75, 3.05) is 12.8 Å². The summed E-state index contributed by atoms with van der Waals surface area (Å²) in [6.07, 6.45) is 12.3. The Kier molecular flexibility index (Phi) is 12.5. The van der Waals surface area contributed by atoms with Crippen molar-refractivity contribution in [2.45, 2.75) is 73.1 Å². The zero-order chi connectivity index (χ0) is 19.3. The molecule has 0 fully saturated rings. The number of carbonyl (C=O) groups is 1. The molecule has 0 saturated heterocycles. The molecular formula is C20H35O4P. The summed E-state index contributed by atoms with van der Waals surface area (Å²) in [5.74, 6) is 0. The summed E-state index contributed by atoms with van der Waals surface area (Å²) in [6, 6.07) is 0. The Balaban J connectivity index is 4.15. The van der Waals surface area contributed by atoms with Crippen LogP contribution in [0.5, 0.6) is 0 Å². The van der Waals surface area contributed by atoms with Gasteiger partial charge in [0.15, 0.2) is 0 Å². The van der Waals surface area contributed by atoms with Crippen molar-refractivity contribution >= 4 is 13.1 Å². The standard InChI is InChI=1S/C20H35O4P/c1-6-24-25(23,20(21)22)16-8-7-12-18(4)14-10-15-19(5)13-9-11-17(2)3/h11-12,15H,6-10,13-14,16H2,1-5H3,(H,21,22)/b18-12+,19-15+. The molecule has 25 heavy (non-hydrogen) atoms. The summed E-state index contributed by atoms with van der Waals surface area (Å²) in [4.78, 5) is 11.0. The van der Waals surface area contributed by atoms with Crippen molar-refractivity contribution in [3.8, 4) is 0 Å². The molecule has 0 rings (SSSR count). The summed E-state index contributed by atoms with van der Waals surface area (Å²) < 4.78 is 17.0. The van der Waals surface area contributed by atoms with E-state index in [2.05, 4.69) is 45.9 Å². The Morgan fingerprint density at radius 1 is 0.960 bits per heavy atom. The van der Waals surface area contributed by atoms with Gasteiger partial charge in [-0.1, -0.05) is 34.9 Å². The second-order valence-corrected chi connectivity index (χ2v) is 9.13. The van der Waals surface area contributed by atoms with E-state index in [0.29, 0.717) is 6.42 Å². The van der Waals surface area contributed by atoms with Crippen LogP contribution in [0.2, 0.25) is 0 Å². The number of hydrogen-bond acceptors (Lipinski definition) is 3. The van der Waals surface area contributed by atoms with Gasteiger partial charge in [0.25, 0.3) is 0 Å². The highest BCUT2D eigenvalue weighted by molar-refractivity contribution is 7.75. The van der Waals surface area contributed by atoms with Gasteiger partial charge < -0.3 is 9.63 Å². The van der Waals surface area contributed by atoms with Gasteiger partial charge in [-0.25, -0.2) is 4.79 Å². The van der Waals surface area contributed by atoms with Gasteiger partial charge in [0.05, 0.1) is 6.61 Å². The third-order valence-corrected chi connectivity index (χ3v) is 6.06. The minimum Gasteiger partial charge on any atom is -0.474 e. The van der Waals surface area contributed by atoms with E-state index < -0.39 is 13.1 Å². The smallest absolute Gasteiger partial charge is 0.389 e. The SMILES string of the molecule is CCOP(=O)(CCC/C=C(\C)CC/C=C(\C)CCC=C(C)C)C(=O)O. The van der Waals surface area contributed by atoms with Gasteiger partial charge in [-0.15, -0.1) is 0 Å². The van der Waals surface area contributed by atoms with Crippen molar-refractivity contribution in [1.29, 1.82) is 0 Å². The molecular weight excluding hydrogens is 335 g/mol. The lowest BCUT2D eigenvalue weighted by Gasteiger charge is -2.12. The van der Waals surface area contributed by atoms with Gasteiger partial charge in [0.1, 0.15) is 0 Å². The molecule has 1 atom stereocenters. The Morgan fingerprint density at radius 2 is 1.48 bits per heavy atom. The molecule has 0 bridgehead atoms. The number of rotatable bonds is 13. The maximum atomic E-state index is 12.1. The van der Waals surface area contributed by atoms with E-state index in [-0.39, 0.29) is 12.8 Å². The second kappa shape index (κ2) is 13.1. The molecule has 0 aromatic carbocycles. The quantitative estimate of drug-likeness (QED) is 0.212. The van der Waals surface area contributed by atoms with Crippen LogP contribution >= 0.6 is 7.37 Å². The highest BCUT2D eigenvalue weighted by Crippen LogP contribution is 2.48. The predicted octanol–water partition coefficient (Wildman–Crippen LogP) is 7.18. The molecule has 0 aliphatic rings. The zero-order valence-electron chi connectivity index (χ0n) is 16.5. The minimum absolute atomic E-state index is 0.101. The first-order valence-electron chi connectivity index (χ1n) is 9.13. The van der Waals surface area contributed by atoms with Gasteiger partial charge in [-0.05, 0) is 73.1 Å². The minimum atomic E-state index is -3.53. The summed E-state index contributed by atoms with van der Waals surface area (Å²) in [5.41, 5.74) is 2.76. The summed E-state index contributed by atoms with van der Waals surface area (Å²) >= 11 is 0. The third-order valence-electron chi connectivity index (χ3n) is 3.90. The Hall–Kier alpha value is -1.12. The second-order valence-electron chi connectivity index (χ2n) is 6.70. The van der Waals surface area contributed by atoms with Crippen LogP contribution in [0.25, 0.3) is 0 Å². The molecule has 0 amide bonds. The lowest BCUT2D eigenvalue weighted by molar-refractivity contribution is 0.210. The fourth-order valence-corrected chi connectivity index (χ4v) is 3.86. The zero-order valence-corrected chi connectivity index (χ0v) is 17.4. The molecule has 0 aromatic rings. The average Bonchev–Trinajstić information content (AvgIpc) is 2.51. The Bertz CT molecular complexity index is 540. The molecule has 0 aliphatic heterocycles. The largest absolute Gasteiger partial charge is 0.474 e. The van der Waals surface area contributed by atoms with Crippen molar-refractivity contribution < 1.29 is 19.0 Å². The van der Waals surface area contributed by atoms with Crippen molar-refractivity contribution in [2.24, 2.45) is 0 Å². The first-order valence-corrected chi connectivity index (χ1v) is 10.9. The normalized spacial score (nSPS) is 14.9. The lowest BCUT2D eigenvalue weighted by Crippen LogP contribution is -2.04. The van der Waals surface area contributed by atoms with E-state index in [0.717, 1.165) is 32.1 Å². The first-order chi connectivity index (χ1) is 11.7. The fraction of sp³-hybridized carbons (Fsp3) is 0.650. The van der Waals surface area contributed by atoms with Gasteiger partial charge in [0, 0.05) is 6.16 Å². The maximum Gasteiger partial charge on any atom is 0.389 e. The molecule has 4 nitrogen and oxygen atoms in total. The van der Waals surface area contributed by atoms with Crippen LogP contribution in [0.1, 0.15) is 73.1 Å². The molecule has 0 heterocycles. The number of carboxylic acid groups (broad SMARTS) is 1. The van der Waals surface area contributed by atoms with Crippen LogP contribution in [-0.2, 0) is 9.09 Å². The molecule has 1 unspecified atom stereocenters. The number of unbranched alkanes of at least 4 members (excludes halogenated alkanes) is 1. The van der Waals surface area contributed by atoms with Gasteiger partial charge in [-0.2, -0.15) is 0 Å². The molecule has 0 spiro atoms. The van der Waals surface area contributed by atoms with Gasteiger partial charge in [0.2, 0.25) is 0 Å². The van der Waals surface area contributed by atoms with E-state index >= 15 is 0 Å². The van der Waals surface area contributed by atoms with E-state index in [1.165, 1.54) is 16.7 Å². The van der Waals surface area contributed by atoms with Gasteiger partial charge in [-0.3, -0.25) is 4.57 Å². The molecule has 5 heteroatoms. The van der Waals surface area contributed by atoms with E-state index in [1.807, 2.05) is 0 Å². The summed E-state index contributed by atoms with van der Waals surface area (Å²) in [7, 11) is -3.53. The number of hydrogen-bond donors (Lipinski definition) is 1. The molecule has 0 saturated carbocycles. The average molecular weight is 370 g/mol. The van der Waals surface area contributed by atoms with Gasteiger partial charge >= 0.3 is 13.1 Å². The molecule has 1 N–H and O–H groups in total. The summed E-state index contributed by atoms with van der Waals surface area (Å²) in [5, 5.41) is 9.02. The van der Waals surface area contributed by atoms with Crippen molar-refractivity contribution in [3.63, 3.8) is 0 Å². The fourth-order valence-electron chi connectivity index (χ4n) is 2.41. The van der Waals surface area contributed by atoms with Crippen LogP contribution < -0.4 is 0 Å². The van der Waals surface area contributed by atoms with Crippen LogP contribution in [0, 0.1) is 0 Å². The van der Waals surface area contributed by atoms with Crippen LogP contribution in [-0.4, -0.2) is 23.6 Å². The highest BCUT2D eigenvalue weighted by Gasteiger charge is 2.31. The van der Waals surface area contributed by atoms with Crippen molar-refractivity contribution in [1.82, 2.24) is 0 Å². The van der Waals surface area contributed by atoms with Crippen LogP contribution in [0.3, 0.4) is 0 Å². The predicted molar refractivity (Wildman–Crippen MR) is 107 cm³/mol. The van der Waals surface area contributed by atoms with E-state index in [1.54, 1.807) is 6.92 Å². The van der Waals surface area contributed by atoms with Crippen LogP contribution in [0.4, 0.5) is 4.79 Å². The molecule has 0 radical (unpaired) electrons. The topological polar surface area (TPSA) is 63.6 Å². The van der Waals surface area contributed by atoms with E-state index in [9.17, 15) is 9.36 Å². The number of allylic oxidation sites excluding steroid dienone is 6. The maximum absolute atomic E-state index is 12.1. The molecule has 0 aliphatic carbocycles. The lowest BCUT2D eigenvalue weighted by atomic mass is 10.1. The Labute approximate surface area is 153 Å². The summed E-state index contributed by atoms with van der Waals surface area (Å²) in [6.45, 7) is 10.3. The Morgan fingerprint density at radius 3 is 1.96 bits per heavy atom. The van der Waals surface area contributed by atoms with E-state index in [4.69, 9.17) is 9.63 Å². The molecule has 0 aromatic heterocycles. The van der Waals surface area contributed by atoms with Crippen molar-refractivity contribution in [3.05, 3.63) is 34.9 Å². The monoisotopic (exact) mass is 370 g/mol. The van der Waals surface area contributed by atoms with Crippen LogP contribution in [0.15, 0.2) is 34.9 Å². The third kappa shape index (κ3) is 12.0. The molecule has 144 valence electrons. The first kappa shape index (κ1) is 23.9. The highest BCUT2D eigenvalue weighted by atomic mass is 31.2.